The molecule has 2 aromatic carbocycles. The van der Waals surface area contributed by atoms with E-state index in [0.717, 1.165) is 22.4 Å². The summed E-state index contributed by atoms with van der Waals surface area (Å²) in [5.74, 6) is -0.692. The van der Waals surface area contributed by atoms with E-state index >= 15 is 0 Å². The highest BCUT2D eigenvalue weighted by molar-refractivity contribution is 5.89. The van der Waals surface area contributed by atoms with E-state index in [1.54, 1.807) is 31.2 Å². The van der Waals surface area contributed by atoms with Gasteiger partial charge in [-0.25, -0.2) is 13.9 Å². The zero-order chi connectivity index (χ0) is 21.9. The molecule has 0 unspecified atom stereocenters. The van der Waals surface area contributed by atoms with E-state index in [0.29, 0.717) is 5.69 Å². The summed E-state index contributed by atoms with van der Waals surface area (Å²) in [4.78, 5) is 12.1. The summed E-state index contributed by atoms with van der Waals surface area (Å²) < 4.78 is 54.2. The van der Waals surface area contributed by atoms with Gasteiger partial charge in [0.15, 0.2) is 5.69 Å². The SMILES string of the molecule is Cc1cccc(-n2nc(C(F)(F)F)cc2CNC(=O)Nc2ccc(CO)c(F)c2)c1. The van der Waals surface area contributed by atoms with Gasteiger partial charge in [-0.15, -0.1) is 0 Å². The smallest absolute Gasteiger partial charge is 0.392 e. The van der Waals surface area contributed by atoms with Crippen molar-refractivity contribution in [3.05, 3.63) is 76.9 Å². The summed E-state index contributed by atoms with van der Waals surface area (Å²) in [6.45, 7) is 1.06. The minimum atomic E-state index is -4.64. The number of halogens is 4. The second-order valence-corrected chi connectivity index (χ2v) is 6.54. The number of hydrogen-bond donors (Lipinski definition) is 3. The first-order valence-corrected chi connectivity index (χ1v) is 8.84. The Labute approximate surface area is 169 Å². The fraction of sp³-hybridized carbons (Fsp3) is 0.200. The van der Waals surface area contributed by atoms with Crippen molar-refractivity contribution in [2.75, 3.05) is 5.32 Å². The first-order chi connectivity index (χ1) is 14.2. The quantitative estimate of drug-likeness (QED) is 0.541. The first-order valence-electron chi connectivity index (χ1n) is 8.84. The van der Waals surface area contributed by atoms with Gasteiger partial charge in [0.2, 0.25) is 0 Å². The normalized spacial score (nSPS) is 11.4. The number of aliphatic hydroxyl groups is 1. The summed E-state index contributed by atoms with van der Waals surface area (Å²) in [6.07, 6.45) is -4.64. The molecule has 1 heterocycles. The number of anilines is 1. The van der Waals surface area contributed by atoms with E-state index in [2.05, 4.69) is 15.7 Å². The van der Waals surface area contributed by atoms with Crippen molar-refractivity contribution in [3.63, 3.8) is 0 Å². The predicted molar refractivity (Wildman–Crippen MR) is 101 cm³/mol. The Morgan fingerprint density at radius 2 is 1.93 bits per heavy atom. The Morgan fingerprint density at radius 3 is 2.57 bits per heavy atom. The van der Waals surface area contributed by atoms with Crippen molar-refractivity contribution >= 4 is 11.7 Å². The third-order valence-electron chi connectivity index (χ3n) is 4.23. The Hall–Kier alpha value is -3.40. The molecular weight excluding hydrogens is 404 g/mol. The van der Waals surface area contributed by atoms with Crippen LogP contribution in [0.2, 0.25) is 0 Å². The molecule has 3 N–H and O–H groups in total. The molecule has 0 aliphatic heterocycles. The molecule has 0 aliphatic rings. The molecule has 0 radical (unpaired) electrons. The lowest BCUT2D eigenvalue weighted by Gasteiger charge is -2.11. The molecule has 1 aromatic heterocycles. The van der Waals surface area contributed by atoms with Crippen molar-refractivity contribution in [3.8, 4) is 5.69 Å². The van der Waals surface area contributed by atoms with E-state index in [4.69, 9.17) is 5.11 Å². The van der Waals surface area contributed by atoms with E-state index in [1.807, 2.05) is 0 Å². The van der Waals surface area contributed by atoms with Gasteiger partial charge in [-0.1, -0.05) is 18.2 Å². The minimum absolute atomic E-state index is 0.0719. The number of nitrogens with one attached hydrogen (secondary N) is 2. The van der Waals surface area contributed by atoms with Crippen molar-refractivity contribution < 1.29 is 27.5 Å². The summed E-state index contributed by atoms with van der Waals surface area (Å²) in [5, 5.41) is 17.4. The summed E-state index contributed by atoms with van der Waals surface area (Å²) in [6, 6.07) is 10.6. The Morgan fingerprint density at radius 1 is 1.17 bits per heavy atom. The number of carbonyl (C=O) groups is 1. The monoisotopic (exact) mass is 422 g/mol. The van der Waals surface area contributed by atoms with E-state index in [9.17, 15) is 22.4 Å². The van der Waals surface area contributed by atoms with Gasteiger partial charge < -0.3 is 15.7 Å². The summed E-state index contributed by atoms with van der Waals surface area (Å²) in [7, 11) is 0. The highest BCUT2D eigenvalue weighted by Gasteiger charge is 2.35. The standard InChI is InChI=1S/C20H18F4N4O2/c1-12-3-2-4-15(7-12)28-16(9-18(27-28)20(22,23)24)10-25-19(30)26-14-6-5-13(11-29)17(21)8-14/h2-9,29H,10-11H2,1H3,(H2,25,26,30). The van der Waals surface area contributed by atoms with Gasteiger partial charge >= 0.3 is 12.2 Å². The Kier molecular flexibility index (Phi) is 6.06. The minimum Gasteiger partial charge on any atom is -0.392 e. The van der Waals surface area contributed by atoms with Crippen LogP contribution in [0.3, 0.4) is 0 Å². The molecule has 0 bridgehead atoms. The zero-order valence-electron chi connectivity index (χ0n) is 15.8. The number of alkyl halides is 3. The second kappa shape index (κ2) is 8.54. The molecule has 0 atom stereocenters. The molecule has 3 aromatic rings. The van der Waals surface area contributed by atoms with Crippen LogP contribution in [0.25, 0.3) is 5.69 Å². The molecule has 0 fully saturated rings. The largest absolute Gasteiger partial charge is 0.435 e. The number of hydrogen-bond acceptors (Lipinski definition) is 3. The van der Waals surface area contributed by atoms with Crippen molar-refractivity contribution in [1.82, 2.24) is 15.1 Å². The van der Waals surface area contributed by atoms with Crippen molar-refractivity contribution in [2.24, 2.45) is 0 Å². The molecule has 6 nitrogen and oxygen atoms in total. The van der Waals surface area contributed by atoms with Gasteiger partial charge in [-0.2, -0.15) is 18.3 Å². The number of aliphatic hydroxyl groups excluding tert-OH is 1. The van der Waals surface area contributed by atoms with E-state index in [1.165, 1.54) is 12.1 Å². The van der Waals surface area contributed by atoms with Crippen LogP contribution < -0.4 is 10.6 Å². The Bertz CT molecular complexity index is 1060. The highest BCUT2D eigenvalue weighted by Crippen LogP contribution is 2.29. The number of urea groups is 1. The molecule has 0 spiro atoms. The van der Waals surface area contributed by atoms with Crippen molar-refractivity contribution in [1.29, 1.82) is 0 Å². The topological polar surface area (TPSA) is 79.2 Å². The number of aromatic nitrogens is 2. The number of amides is 2. The highest BCUT2D eigenvalue weighted by atomic mass is 19.4. The van der Waals surface area contributed by atoms with Gasteiger partial charge in [0, 0.05) is 11.3 Å². The maximum atomic E-state index is 13.7. The molecule has 30 heavy (non-hydrogen) atoms. The molecule has 2 amide bonds. The molecule has 0 saturated carbocycles. The number of aryl methyl sites for hydroxylation is 1. The van der Waals surface area contributed by atoms with E-state index in [-0.39, 0.29) is 23.5 Å². The summed E-state index contributed by atoms with van der Waals surface area (Å²) in [5.41, 5.74) is 0.492. The molecule has 10 heteroatoms. The van der Waals surface area contributed by atoms with Gasteiger partial charge in [-0.05, 0) is 42.8 Å². The maximum absolute atomic E-state index is 13.7. The molecule has 3 rings (SSSR count). The molecule has 0 aliphatic carbocycles. The number of carbonyl (C=O) groups excluding carboxylic acids is 1. The maximum Gasteiger partial charge on any atom is 0.435 e. The van der Waals surface area contributed by atoms with Crippen LogP contribution in [0.5, 0.6) is 0 Å². The fourth-order valence-electron chi connectivity index (χ4n) is 2.77. The van der Waals surface area contributed by atoms with Gasteiger partial charge in [0.05, 0.1) is 24.5 Å². The molecule has 158 valence electrons. The Balaban J connectivity index is 1.77. The third-order valence-corrected chi connectivity index (χ3v) is 4.23. The van der Waals surface area contributed by atoms with Gasteiger partial charge in [-0.3, -0.25) is 0 Å². The van der Waals surface area contributed by atoms with Gasteiger partial charge in [0.25, 0.3) is 0 Å². The lowest BCUT2D eigenvalue weighted by molar-refractivity contribution is -0.141. The van der Waals surface area contributed by atoms with Crippen molar-refractivity contribution in [2.45, 2.75) is 26.3 Å². The molecular formula is C20H18F4N4O2. The fourth-order valence-corrected chi connectivity index (χ4v) is 2.77. The number of rotatable bonds is 5. The number of nitrogens with zero attached hydrogens (tertiary/aromatic N) is 2. The van der Waals surface area contributed by atoms with Crippen LogP contribution in [0.15, 0.2) is 48.5 Å². The lowest BCUT2D eigenvalue weighted by Crippen LogP contribution is -2.29. The first kappa shape index (κ1) is 21.3. The van der Waals surface area contributed by atoms with Crippen LogP contribution >= 0.6 is 0 Å². The molecule has 0 saturated heterocycles. The van der Waals surface area contributed by atoms with Crippen LogP contribution in [-0.2, 0) is 19.3 Å². The second-order valence-electron chi connectivity index (χ2n) is 6.54. The van der Waals surface area contributed by atoms with Gasteiger partial charge in [0.1, 0.15) is 5.82 Å². The predicted octanol–water partition coefficient (Wildman–Crippen LogP) is 4.15. The lowest BCUT2D eigenvalue weighted by atomic mass is 10.2. The number of benzene rings is 2. The average molecular weight is 422 g/mol. The van der Waals surface area contributed by atoms with Crippen LogP contribution in [0.4, 0.5) is 28.0 Å². The van der Waals surface area contributed by atoms with Crippen LogP contribution in [0.1, 0.15) is 22.5 Å². The zero-order valence-corrected chi connectivity index (χ0v) is 15.8. The average Bonchev–Trinajstić information content (AvgIpc) is 3.11. The van der Waals surface area contributed by atoms with E-state index < -0.39 is 30.3 Å². The third kappa shape index (κ3) is 4.95. The summed E-state index contributed by atoms with van der Waals surface area (Å²) >= 11 is 0. The van der Waals surface area contributed by atoms with Crippen LogP contribution in [-0.4, -0.2) is 20.9 Å². The van der Waals surface area contributed by atoms with Crippen LogP contribution in [0, 0.1) is 12.7 Å².